The van der Waals surface area contributed by atoms with E-state index in [0.717, 1.165) is 19.1 Å². The van der Waals surface area contributed by atoms with Crippen molar-refractivity contribution in [3.8, 4) is 0 Å². The van der Waals surface area contributed by atoms with Crippen molar-refractivity contribution in [3.63, 3.8) is 0 Å². The van der Waals surface area contributed by atoms with Crippen molar-refractivity contribution < 1.29 is 4.74 Å². The SMILES string of the molecule is CN(CCNCC1CCC(C)(C)O1)C1CCCC1. The number of ether oxygens (including phenoxy) is 1. The summed E-state index contributed by atoms with van der Waals surface area (Å²) in [7, 11) is 2.27. The Kier molecular flexibility index (Phi) is 5.05. The highest BCUT2D eigenvalue weighted by Crippen LogP contribution is 2.28. The van der Waals surface area contributed by atoms with Gasteiger partial charge < -0.3 is 15.0 Å². The van der Waals surface area contributed by atoms with Crippen LogP contribution < -0.4 is 5.32 Å². The molecule has 2 fully saturated rings. The average Bonchev–Trinajstić information content (AvgIpc) is 2.93. The number of rotatable bonds is 6. The van der Waals surface area contributed by atoms with Crippen LogP contribution in [-0.4, -0.2) is 49.3 Å². The largest absolute Gasteiger partial charge is 0.371 e. The molecule has 18 heavy (non-hydrogen) atoms. The number of nitrogens with zero attached hydrogens (tertiary/aromatic N) is 1. The molecule has 0 bridgehead atoms. The van der Waals surface area contributed by atoms with Crippen LogP contribution in [0.2, 0.25) is 0 Å². The smallest absolute Gasteiger partial charge is 0.0707 e. The predicted octanol–water partition coefficient (Wildman–Crippen LogP) is 2.41. The molecule has 1 heterocycles. The Morgan fingerprint density at radius 2 is 1.94 bits per heavy atom. The van der Waals surface area contributed by atoms with Crippen LogP contribution in [0.25, 0.3) is 0 Å². The van der Waals surface area contributed by atoms with Crippen LogP contribution >= 0.6 is 0 Å². The molecule has 0 aromatic carbocycles. The van der Waals surface area contributed by atoms with E-state index in [9.17, 15) is 0 Å². The van der Waals surface area contributed by atoms with Crippen LogP contribution in [0.1, 0.15) is 52.4 Å². The molecule has 1 aliphatic carbocycles. The average molecular weight is 254 g/mol. The topological polar surface area (TPSA) is 24.5 Å². The van der Waals surface area contributed by atoms with Crippen molar-refractivity contribution in [1.82, 2.24) is 10.2 Å². The van der Waals surface area contributed by atoms with Crippen LogP contribution in [0.5, 0.6) is 0 Å². The fourth-order valence-electron chi connectivity index (χ4n) is 3.27. The molecule has 1 aliphatic heterocycles. The maximum absolute atomic E-state index is 5.98. The fraction of sp³-hybridized carbons (Fsp3) is 1.00. The van der Waals surface area contributed by atoms with E-state index >= 15 is 0 Å². The van der Waals surface area contributed by atoms with Gasteiger partial charge in [0.25, 0.3) is 0 Å². The summed E-state index contributed by atoms with van der Waals surface area (Å²) >= 11 is 0. The molecule has 1 N–H and O–H groups in total. The van der Waals surface area contributed by atoms with Crippen molar-refractivity contribution in [1.29, 1.82) is 0 Å². The zero-order chi connectivity index (χ0) is 13.0. The molecule has 106 valence electrons. The third kappa shape index (κ3) is 4.22. The minimum atomic E-state index is 0.104. The molecular formula is C15H30N2O. The third-order valence-electron chi connectivity index (χ3n) is 4.52. The van der Waals surface area contributed by atoms with Crippen molar-refractivity contribution >= 4 is 0 Å². The van der Waals surface area contributed by atoms with Gasteiger partial charge >= 0.3 is 0 Å². The molecule has 0 amide bonds. The van der Waals surface area contributed by atoms with Gasteiger partial charge in [0.15, 0.2) is 0 Å². The first-order chi connectivity index (χ1) is 8.57. The highest BCUT2D eigenvalue weighted by molar-refractivity contribution is 4.82. The van der Waals surface area contributed by atoms with Crippen molar-refractivity contribution in [2.45, 2.75) is 70.1 Å². The van der Waals surface area contributed by atoms with Gasteiger partial charge in [-0.2, -0.15) is 0 Å². The fourth-order valence-corrected chi connectivity index (χ4v) is 3.27. The lowest BCUT2D eigenvalue weighted by atomic mass is 10.1. The Morgan fingerprint density at radius 1 is 1.22 bits per heavy atom. The molecule has 3 heteroatoms. The number of likely N-dealkylation sites (N-methyl/N-ethyl adjacent to an activating group) is 1. The van der Waals surface area contributed by atoms with Crippen molar-refractivity contribution in [2.75, 3.05) is 26.7 Å². The molecule has 1 unspecified atom stereocenters. The van der Waals surface area contributed by atoms with Crippen molar-refractivity contribution in [3.05, 3.63) is 0 Å². The first-order valence-corrected chi connectivity index (χ1v) is 7.66. The quantitative estimate of drug-likeness (QED) is 0.737. The minimum Gasteiger partial charge on any atom is -0.371 e. The molecule has 1 atom stereocenters. The monoisotopic (exact) mass is 254 g/mol. The van der Waals surface area contributed by atoms with E-state index in [2.05, 4.69) is 31.1 Å². The standard InChI is InChI=1S/C15H30N2O/c1-15(2)9-8-14(18-15)12-16-10-11-17(3)13-6-4-5-7-13/h13-14,16H,4-12H2,1-3H3. The summed E-state index contributed by atoms with van der Waals surface area (Å²) in [5.74, 6) is 0. The van der Waals surface area contributed by atoms with Gasteiger partial charge in [0.05, 0.1) is 11.7 Å². The number of hydrogen-bond acceptors (Lipinski definition) is 3. The first-order valence-electron chi connectivity index (χ1n) is 7.66. The molecule has 2 rings (SSSR count). The molecule has 0 spiro atoms. The summed E-state index contributed by atoms with van der Waals surface area (Å²) in [6.45, 7) is 7.66. The second kappa shape index (κ2) is 6.36. The molecule has 0 aromatic rings. The van der Waals surface area contributed by atoms with E-state index in [1.54, 1.807) is 0 Å². The molecule has 3 nitrogen and oxygen atoms in total. The van der Waals surface area contributed by atoms with E-state index in [4.69, 9.17) is 4.74 Å². The number of hydrogen-bond donors (Lipinski definition) is 1. The van der Waals surface area contributed by atoms with E-state index in [1.807, 2.05) is 0 Å². The molecule has 1 saturated heterocycles. The van der Waals surface area contributed by atoms with Crippen LogP contribution in [0.4, 0.5) is 0 Å². The summed E-state index contributed by atoms with van der Waals surface area (Å²) in [4.78, 5) is 2.53. The summed E-state index contributed by atoms with van der Waals surface area (Å²) < 4.78 is 5.98. The van der Waals surface area contributed by atoms with Crippen LogP contribution in [-0.2, 0) is 4.74 Å². The number of nitrogens with one attached hydrogen (secondary N) is 1. The van der Waals surface area contributed by atoms with Crippen LogP contribution in [0.15, 0.2) is 0 Å². The van der Waals surface area contributed by atoms with E-state index < -0.39 is 0 Å². The molecular weight excluding hydrogens is 224 g/mol. The summed E-state index contributed by atoms with van der Waals surface area (Å²) in [5.41, 5.74) is 0.104. The van der Waals surface area contributed by atoms with E-state index in [0.29, 0.717) is 6.10 Å². The first kappa shape index (κ1) is 14.3. The highest BCUT2D eigenvalue weighted by Gasteiger charge is 2.31. The molecule has 2 aliphatic rings. The Labute approximate surface area is 112 Å². The second-order valence-corrected chi connectivity index (χ2v) is 6.66. The summed E-state index contributed by atoms with van der Waals surface area (Å²) in [6, 6.07) is 0.841. The lowest BCUT2D eigenvalue weighted by molar-refractivity contribution is -0.0142. The van der Waals surface area contributed by atoms with Gasteiger partial charge in [0.2, 0.25) is 0 Å². The lowest BCUT2D eigenvalue weighted by Crippen LogP contribution is -2.38. The molecule has 0 radical (unpaired) electrons. The Hall–Kier alpha value is -0.120. The maximum atomic E-state index is 5.98. The third-order valence-corrected chi connectivity index (χ3v) is 4.52. The second-order valence-electron chi connectivity index (χ2n) is 6.66. The summed E-state index contributed by atoms with van der Waals surface area (Å²) in [6.07, 6.45) is 8.48. The minimum absolute atomic E-state index is 0.104. The van der Waals surface area contributed by atoms with Gasteiger partial charge in [-0.15, -0.1) is 0 Å². The van der Waals surface area contributed by atoms with Crippen molar-refractivity contribution in [2.24, 2.45) is 0 Å². The Morgan fingerprint density at radius 3 is 2.56 bits per heavy atom. The van der Waals surface area contributed by atoms with Gasteiger partial charge in [0.1, 0.15) is 0 Å². The van der Waals surface area contributed by atoms with Gasteiger partial charge in [0, 0.05) is 25.7 Å². The van der Waals surface area contributed by atoms with Crippen LogP contribution in [0, 0.1) is 0 Å². The van der Waals surface area contributed by atoms with Crippen LogP contribution in [0.3, 0.4) is 0 Å². The predicted molar refractivity (Wildman–Crippen MR) is 75.9 cm³/mol. The maximum Gasteiger partial charge on any atom is 0.0707 e. The van der Waals surface area contributed by atoms with E-state index in [-0.39, 0.29) is 5.60 Å². The highest BCUT2D eigenvalue weighted by atomic mass is 16.5. The zero-order valence-corrected chi connectivity index (χ0v) is 12.4. The molecule has 0 aromatic heterocycles. The van der Waals surface area contributed by atoms with Gasteiger partial charge in [-0.25, -0.2) is 0 Å². The van der Waals surface area contributed by atoms with Gasteiger partial charge in [-0.3, -0.25) is 0 Å². The Balaban J connectivity index is 1.53. The zero-order valence-electron chi connectivity index (χ0n) is 12.4. The normalized spacial score (nSPS) is 28.3. The Bertz CT molecular complexity index is 245. The van der Waals surface area contributed by atoms with Gasteiger partial charge in [-0.05, 0) is 46.6 Å². The summed E-state index contributed by atoms with van der Waals surface area (Å²) in [5, 5.41) is 3.55. The molecule has 1 saturated carbocycles. The lowest BCUT2D eigenvalue weighted by Gasteiger charge is -2.24. The van der Waals surface area contributed by atoms with E-state index in [1.165, 1.54) is 45.1 Å². The van der Waals surface area contributed by atoms with Gasteiger partial charge in [-0.1, -0.05) is 12.8 Å².